The van der Waals surface area contributed by atoms with Crippen LogP contribution in [0.5, 0.6) is 0 Å². The van der Waals surface area contributed by atoms with Crippen LogP contribution in [0.1, 0.15) is 23.2 Å². The van der Waals surface area contributed by atoms with E-state index in [4.69, 9.17) is 4.99 Å². The molecule has 0 saturated heterocycles. The van der Waals surface area contributed by atoms with Crippen molar-refractivity contribution in [3.63, 3.8) is 0 Å². The molecule has 21 heavy (non-hydrogen) atoms. The molecule has 2 unspecified atom stereocenters. The second-order valence-corrected chi connectivity index (χ2v) is 6.74. The molecule has 0 aromatic heterocycles. The number of hydrogen-bond acceptors (Lipinski definition) is 3. The smallest absolute Gasteiger partial charge is 0.157 e. The summed E-state index contributed by atoms with van der Waals surface area (Å²) in [6.07, 6.45) is 0. The summed E-state index contributed by atoms with van der Waals surface area (Å²) in [5.74, 6) is 1.02. The van der Waals surface area contributed by atoms with Crippen molar-refractivity contribution < 1.29 is 0 Å². The van der Waals surface area contributed by atoms with Gasteiger partial charge in [0.2, 0.25) is 0 Å². The van der Waals surface area contributed by atoms with Gasteiger partial charge in [0, 0.05) is 11.1 Å². The predicted molar refractivity (Wildman–Crippen MR) is 95.2 cm³/mol. The minimum absolute atomic E-state index is 0.145. The maximum absolute atomic E-state index is 4.90. The summed E-state index contributed by atoms with van der Waals surface area (Å²) in [5, 5.41) is 5.60. The van der Waals surface area contributed by atoms with Gasteiger partial charge in [0.05, 0.1) is 6.04 Å². The fourth-order valence-electron chi connectivity index (χ4n) is 2.51. The summed E-state index contributed by atoms with van der Waals surface area (Å²) in [7, 11) is 0. The molecule has 108 valence electrons. The Balaban J connectivity index is 1.89. The van der Waals surface area contributed by atoms with E-state index in [9.17, 15) is 0 Å². The first-order valence-corrected chi connectivity index (χ1v) is 9.12. The van der Waals surface area contributed by atoms with Crippen LogP contribution in [0.4, 0.5) is 0 Å². The van der Waals surface area contributed by atoms with Gasteiger partial charge in [-0.1, -0.05) is 88.4 Å². The number of alkyl halides is 1. The zero-order chi connectivity index (χ0) is 14.5. The number of benzene rings is 2. The van der Waals surface area contributed by atoms with Crippen molar-refractivity contribution in [1.82, 2.24) is 5.32 Å². The molecule has 1 heterocycles. The molecule has 2 atom stereocenters. The Morgan fingerprint density at radius 3 is 2.19 bits per heavy atom. The van der Waals surface area contributed by atoms with Crippen LogP contribution in [0.25, 0.3) is 0 Å². The largest absolute Gasteiger partial charge is 0.356 e. The zero-order valence-electron chi connectivity index (χ0n) is 11.6. The number of halogens is 1. The SMILES string of the molecule is BrCCSC1=NC(c2ccccc2)C(c2ccccc2)N1. The van der Waals surface area contributed by atoms with Crippen LogP contribution in [-0.2, 0) is 0 Å². The van der Waals surface area contributed by atoms with Crippen LogP contribution in [0, 0.1) is 0 Å². The van der Waals surface area contributed by atoms with Crippen molar-refractivity contribution in [2.45, 2.75) is 12.1 Å². The second-order valence-electron chi connectivity index (χ2n) is 4.86. The highest BCUT2D eigenvalue weighted by Crippen LogP contribution is 2.37. The van der Waals surface area contributed by atoms with Gasteiger partial charge in [-0.15, -0.1) is 0 Å². The van der Waals surface area contributed by atoms with Gasteiger partial charge in [-0.3, -0.25) is 4.99 Å². The summed E-state index contributed by atoms with van der Waals surface area (Å²) in [5.41, 5.74) is 2.54. The average Bonchev–Trinajstić information content (AvgIpc) is 2.99. The maximum atomic E-state index is 4.90. The number of aliphatic imine (C=N–C) groups is 1. The molecule has 0 aliphatic carbocycles. The van der Waals surface area contributed by atoms with Gasteiger partial charge in [-0.2, -0.15) is 0 Å². The Morgan fingerprint density at radius 1 is 0.952 bits per heavy atom. The fraction of sp³-hybridized carbons (Fsp3) is 0.235. The number of nitrogens with zero attached hydrogens (tertiary/aromatic N) is 1. The molecule has 0 amide bonds. The van der Waals surface area contributed by atoms with Crippen molar-refractivity contribution in [3.05, 3.63) is 71.8 Å². The molecule has 2 aromatic rings. The van der Waals surface area contributed by atoms with Gasteiger partial charge in [0.25, 0.3) is 0 Å². The van der Waals surface area contributed by atoms with Crippen molar-refractivity contribution in [2.24, 2.45) is 4.99 Å². The van der Waals surface area contributed by atoms with E-state index in [1.54, 1.807) is 11.8 Å². The van der Waals surface area contributed by atoms with Gasteiger partial charge >= 0.3 is 0 Å². The molecule has 2 nitrogen and oxygen atoms in total. The van der Waals surface area contributed by atoms with Crippen LogP contribution in [0.15, 0.2) is 65.7 Å². The topological polar surface area (TPSA) is 24.4 Å². The lowest BCUT2D eigenvalue weighted by Crippen LogP contribution is -2.22. The summed E-state index contributed by atoms with van der Waals surface area (Å²) in [6, 6.07) is 21.4. The van der Waals surface area contributed by atoms with E-state index in [0.29, 0.717) is 0 Å². The Labute approximate surface area is 138 Å². The number of thioether (sulfide) groups is 1. The molecule has 4 heteroatoms. The first-order chi connectivity index (χ1) is 10.4. The molecule has 2 aromatic carbocycles. The van der Waals surface area contributed by atoms with Gasteiger partial charge < -0.3 is 5.32 Å². The highest BCUT2D eigenvalue weighted by Gasteiger charge is 2.30. The minimum Gasteiger partial charge on any atom is -0.356 e. The maximum Gasteiger partial charge on any atom is 0.157 e. The van der Waals surface area contributed by atoms with E-state index in [1.165, 1.54) is 11.1 Å². The van der Waals surface area contributed by atoms with Crippen LogP contribution < -0.4 is 5.32 Å². The Bertz CT molecular complexity index is 601. The number of hydrogen-bond donors (Lipinski definition) is 1. The minimum atomic E-state index is 0.145. The molecule has 1 aliphatic rings. The monoisotopic (exact) mass is 360 g/mol. The first kappa shape index (κ1) is 14.7. The number of rotatable bonds is 4. The van der Waals surface area contributed by atoms with Gasteiger partial charge in [0.1, 0.15) is 6.04 Å². The third kappa shape index (κ3) is 3.50. The standard InChI is InChI=1S/C17H17BrN2S/c18-11-12-21-17-19-15(13-7-3-1-4-8-13)16(20-17)14-9-5-2-6-10-14/h1-10,15-16H,11-12H2,(H,19,20). The molecule has 3 rings (SSSR count). The van der Waals surface area contributed by atoms with Crippen LogP contribution >= 0.6 is 27.7 Å². The van der Waals surface area contributed by atoms with Gasteiger partial charge in [0.15, 0.2) is 5.17 Å². The van der Waals surface area contributed by atoms with E-state index in [0.717, 1.165) is 16.3 Å². The number of amidine groups is 1. The van der Waals surface area contributed by atoms with Crippen LogP contribution in [-0.4, -0.2) is 16.3 Å². The van der Waals surface area contributed by atoms with Gasteiger partial charge in [-0.25, -0.2) is 0 Å². The summed E-state index contributed by atoms with van der Waals surface area (Å²) < 4.78 is 0. The second kappa shape index (κ2) is 7.14. The first-order valence-electron chi connectivity index (χ1n) is 7.01. The summed E-state index contributed by atoms with van der Waals surface area (Å²) in [6.45, 7) is 0. The highest BCUT2D eigenvalue weighted by atomic mass is 79.9. The zero-order valence-corrected chi connectivity index (χ0v) is 14.0. The molecule has 1 N–H and O–H groups in total. The van der Waals surface area contributed by atoms with E-state index in [2.05, 4.69) is 75.8 Å². The lowest BCUT2D eigenvalue weighted by molar-refractivity contribution is 0.573. The molecular weight excluding hydrogens is 344 g/mol. The van der Waals surface area contributed by atoms with Crippen LogP contribution in [0.3, 0.4) is 0 Å². The lowest BCUT2D eigenvalue weighted by Gasteiger charge is -2.19. The predicted octanol–water partition coefficient (Wildman–Crippen LogP) is 4.56. The molecule has 0 fully saturated rings. The number of nitrogens with one attached hydrogen (secondary N) is 1. The normalized spacial score (nSPS) is 20.9. The fourth-order valence-corrected chi connectivity index (χ4v) is 3.66. The van der Waals surface area contributed by atoms with E-state index in [-0.39, 0.29) is 12.1 Å². The van der Waals surface area contributed by atoms with E-state index in [1.807, 2.05) is 6.07 Å². The quantitative estimate of drug-likeness (QED) is 0.808. The van der Waals surface area contributed by atoms with Crippen molar-refractivity contribution in [1.29, 1.82) is 0 Å². The highest BCUT2D eigenvalue weighted by molar-refractivity contribution is 9.09. The average molecular weight is 361 g/mol. The molecule has 1 aliphatic heterocycles. The van der Waals surface area contributed by atoms with E-state index < -0.39 is 0 Å². The van der Waals surface area contributed by atoms with Crippen molar-refractivity contribution in [3.8, 4) is 0 Å². The van der Waals surface area contributed by atoms with Gasteiger partial charge in [-0.05, 0) is 11.1 Å². The summed E-state index contributed by atoms with van der Waals surface area (Å²) >= 11 is 5.25. The van der Waals surface area contributed by atoms with E-state index >= 15 is 0 Å². The van der Waals surface area contributed by atoms with Crippen molar-refractivity contribution >= 4 is 32.9 Å². The third-order valence-corrected chi connectivity index (χ3v) is 5.29. The Hall–Kier alpha value is -1.26. The van der Waals surface area contributed by atoms with Crippen molar-refractivity contribution in [2.75, 3.05) is 11.1 Å². The molecule has 0 bridgehead atoms. The lowest BCUT2D eigenvalue weighted by atomic mass is 9.95. The molecule has 0 radical (unpaired) electrons. The Kier molecular flexibility index (Phi) is 4.99. The molecule has 0 saturated carbocycles. The van der Waals surface area contributed by atoms with Crippen LogP contribution in [0.2, 0.25) is 0 Å². The molecule has 0 spiro atoms. The molecular formula is C17H17BrN2S. The Morgan fingerprint density at radius 2 is 1.57 bits per heavy atom. The summed E-state index contributed by atoms with van der Waals surface area (Å²) in [4.78, 5) is 4.90. The third-order valence-electron chi connectivity index (χ3n) is 3.47.